The quantitative estimate of drug-likeness (QED) is 0.778. The molecule has 0 radical (unpaired) electrons. The molecule has 0 unspecified atom stereocenters. The zero-order valence-corrected chi connectivity index (χ0v) is 10.7. The van der Waals surface area contributed by atoms with E-state index < -0.39 is 0 Å². The number of imidazole rings is 1. The molecule has 0 aliphatic heterocycles. The number of rotatable bonds is 4. The van der Waals surface area contributed by atoms with Gasteiger partial charge in [0.25, 0.3) is 0 Å². The summed E-state index contributed by atoms with van der Waals surface area (Å²) in [6, 6.07) is 7.62. The van der Waals surface area contributed by atoms with Crippen molar-refractivity contribution in [3.8, 4) is 5.88 Å². The minimum Gasteiger partial charge on any atom is -0.445 e. The molecule has 3 heterocycles. The van der Waals surface area contributed by atoms with E-state index in [-0.39, 0.29) is 6.61 Å². The van der Waals surface area contributed by atoms with Crippen LogP contribution in [0.5, 0.6) is 0 Å². The molecule has 0 amide bonds. The van der Waals surface area contributed by atoms with Crippen molar-refractivity contribution in [2.45, 2.75) is 19.8 Å². The summed E-state index contributed by atoms with van der Waals surface area (Å²) in [6.45, 7) is 2.05. The van der Waals surface area contributed by atoms with Crippen molar-refractivity contribution >= 4 is 11.2 Å². The highest BCUT2D eigenvalue weighted by Crippen LogP contribution is 2.22. The maximum Gasteiger partial charge on any atom is 0.206 e. The Balaban J connectivity index is 2.18. The van der Waals surface area contributed by atoms with Crippen LogP contribution in [0.2, 0.25) is 0 Å². The highest BCUT2D eigenvalue weighted by molar-refractivity contribution is 5.73. The van der Waals surface area contributed by atoms with Crippen LogP contribution in [0.4, 0.5) is 0 Å². The van der Waals surface area contributed by atoms with E-state index in [1.165, 1.54) is 0 Å². The molecule has 19 heavy (non-hydrogen) atoms. The molecular weight excluding hydrogens is 242 g/mol. The minimum atomic E-state index is 0.147. The SMILES string of the molecule is Cc1ccc(-n2c(CCCO)nc3cccnc32)o1. The fourth-order valence-electron chi connectivity index (χ4n) is 2.14. The van der Waals surface area contributed by atoms with Crippen LogP contribution in [0.1, 0.15) is 18.0 Å². The number of nitrogens with zero attached hydrogens (tertiary/aromatic N) is 3. The first-order valence-corrected chi connectivity index (χ1v) is 6.29. The van der Waals surface area contributed by atoms with E-state index in [0.717, 1.165) is 22.7 Å². The lowest BCUT2D eigenvalue weighted by Crippen LogP contribution is -2.02. The van der Waals surface area contributed by atoms with E-state index in [9.17, 15) is 0 Å². The minimum absolute atomic E-state index is 0.147. The highest BCUT2D eigenvalue weighted by atomic mass is 16.4. The average molecular weight is 257 g/mol. The molecule has 98 valence electrons. The summed E-state index contributed by atoms with van der Waals surface area (Å²) in [5.74, 6) is 2.42. The van der Waals surface area contributed by atoms with Gasteiger partial charge in [0.05, 0.1) is 0 Å². The van der Waals surface area contributed by atoms with E-state index in [2.05, 4.69) is 9.97 Å². The Labute approximate surface area is 110 Å². The van der Waals surface area contributed by atoms with E-state index in [1.807, 2.05) is 35.8 Å². The van der Waals surface area contributed by atoms with Crippen molar-refractivity contribution < 1.29 is 9.52 Å². The molecule has 0 atom stereocenters. The lowest BCUT2D eigenvalue weighted by molar-refractivity contribution is 0.287. The molecule has 5 nitrogen and oxygen atoms in total. The summed E-state index contributed by atoms with van der Waals surface area (Å²) in [6.07, 6.45) is 3.10. The molecule has 0 aromatic carbocycles. The fraction of sp³-hybridized carbons (Fsp3) is 0.286. The molecule has 0 aliphatic carbocycles. The zero-order valence-electron chi connectivity index (χ0n) is 10.7. The highest BCUT2D eigenvalue weighted by Gasteiger charge is 2.15. The predicted octanol–water partition coefficient (Wildman–Crippen LogP) is 2.25. The van der Waals surface area contributed by atoms with Gasteiger partial charge in [0.15, 0.2) is 5.65 Å². The maximum atomic E-state index is 8.99. The number of aliphatic hydroxyl groups excluding tert-OH is 1. The van der Waals surface area contributed by atoms with Crippen LogP contribution in [0.3, 0.4) is 0 Å². The standard InChI is InChI=1S/C14H15N3O2/c1-10-6-7-13(19-10)17-12(5-3-9-18)16-11-4-2-8-15-14(11)17/h2,4,6-8,18H,3,5,9H2,1H3. The second-order valence-electron chi connectivity index (χ2n) is 4.42. The summed E-state index contributed by atoms with van der Waals surface area (Å²) in [4.78, 5) is 8.94. The monoisotopic (exact) mass is 257 g/mol. The number of fused-ring (bicyclic) bond motifs is 1. The summed E-state index contributed by atoms with van der Waals surface area (Å²) in [5, 5.41) is 8.99. The van der Waals surface area contributed by atoms with Crippen LogP contribution in [0.25, 0.3) is 17.0 Å². The summed E-state index contributed by atoms with van der Waals surface area (Å²) in [7, 11) is 0. The number of pyridine rings is 1. The molecule has 3 rings (SSSR count). The van der Waals surface area contributed by atoms with Gasteiger partial charge in [0.1, 0.15) is 17.1 Å². The predicted molar refractivity (Wildman–Crippen MR) is 71.3 cm³/mol. The smallest absolute Gasteiger partial charge is 0.206 e. The van der Waals surface area contributed by atoms with Gasteiger partial charge in [-0.1, -0.05) is 0 Å². The average Bonchev–Trinajstić information content (AvgIpc) is 2.99. The number of aliphatic hydroxyl groups is 1. The maximum absolute atomic E-state index is 8.99. The zero-order chi connectivity index (χ0) is 13.2. The van der Waals surface area contributed by atoms with Crippen molar-refractivity contribution in [1.82, 2.24) is 14.5 Å². The number of hydrogen-bond donors (Lipinski definition) is 1. The van der Waals surface area contributed by atoms with E-state index in [4.69, 9.17) is 9.52 Å². The van der Waals surface area contributed by atoms with Crippen LogP contribution < -0.4 is 0 Å². The molecule has 3 aromatic rings. The molecule has 3 aromatic heterocycles. The molecule has 1 N–H and O–H groups in total. The van der Waals surface area contributed by atoms with Gasteiger partial charge in [0.2, 0.25) is 5.88 Å². The molecule has 0 aliphatic rings. The van der Waals surface area contributed by atoms with Gasteiger partial charge in [-0.25, -0.2) is 14.5 Å². The Morgan fingerprint density at radius 2 is 2.21 bits per heavy atom. The van der Waals surface area contributed by atoms with Gasteiger partial charge in [-0.05, 0) is 31.5 Å². The number of furan rings is 1. The van der Waals surface area contributed by atoms with Gasteiger partial charge in [-0.2, -0.15) is 0 Å². The number of aryl methyl sites for hydroxylation is 2. The molecule has 0 bridgehead atoms. The molecular formula is C14H15N3O2. The Morgan fingerprint density at radius 1 is 1.32 bits per heavy atom. The normalized spacial score (nSPS) is 11.3. The van der Waals surface area contributed by atoms with E-state index in [1.54, 1.807) is 6.20 Å². The first kappa shape index (κ1) is 11.9. The van der Waals surface area contributed by atoms with E-state index in [0.29, 0.717) is 18.7 Å². The largest absolute Gasteiger partial charge is 0.445 e. The Kier molecular flexibility index (Phi) is 3.05. The van der Waals surface area contributed by atoms with Crippen molar-refractivity contribution in [1.29, 1.82) is 0 Å². The van der Waals surface area contributed by atoms with Gasteiger partial charge < -0.3 is 9.52 Å². The van der Waals surface area contributed by atoms with Gasteiger partial charge in [0, 0.05) is 25.3 Å². The van der Waals surface area contributed by atoms with Crippen molar-refractivity contribution in [2.24, 2.45) is 0 Å². The van der Waals surface area contributed by atoms with Crippen LogP contribution in [0, 0.1) is 6.92 Å². The number of aromatic nitrogens is 3. The van der Waals surface area contributed by atoms with Crippen molar-refractivity contribution in [3.63, 3.8) is 0 Å². The molecule has 0 spiro atoms. The molecule has 0 saturated carbocycles. The molecule has 0 saturated heterocycles. The number of hydrogen-bond acceptors (Lipinski definition) is 4. The first-order chi connectivity index (χ1) is 9.29. The Morgan fingerprint density at radius 3 is 2.95 bits per heavy atom. The second kappa shape index (κ2) is 4.85. The third kappa shape index (κ3) is 2.13. The summed E-state index contributed by atoms with van der Waals surface area (Å²) >= 11 is 0. The Hall–Kier alpha value is -2.14. The van der Waals surface area contributed by atoms with Gasteiger partial charge in [-0.15, -0.1) is 0 Å². The second-order valence-corrected chi connectivity index (χ2v) is 4.42. The first-order valence-electron chi connectivity index (χ1n) is 6.29. The topological polar surface area (TPSA) is 64.1 Å². The Bertz CT molecular complexity index is 700. The lowest BCUT2D eigenvalue weighted by Gasteiger charge is -2.04. The van der Waals surface area contributed by atoms with Gasteiger partial charge in [-0.3, -0.25) is 0 Å². The lowest BCUT2D eigenvalue weighted by atomic mass is 10.3. The summed E-state index contributed by atoms with van der Waals surface area (Å²) in [5.41, 5.74) is 1.62. The van der Waals surface area contributed by atoms with Crippen LogP contribution in [-0.4, -0.2) is 26.2 Å². The van der Waals surface area contributed by atoms with E-state index >= 15 is 0 Å². The van der Waals surface area contributed by atoms with Crippen LogP contribution in [0.15, 0.2) is 34.9 Å². The van der Waals surface area contributed by atoms with Crippen LogP contribution in [-0.2, 0) is 6.42 Å². The van der Waals surface area contributed by atoms with Crippen LogP contribution >= 0.6 is 0 Å². The third-order valence-electron chi connectivity index (χ3n) is 2.99. The molecule has 5 heteroatoms. The van der Waals surface area contributed by atoms with Gasteiger partial charge >= 0.3 is 0 Å². The van der Waals surface area contributed by atoms with Crippen molar-refractivity contribution in [2.75, 3.05) is 6.61 Å². The summed E-state index contributed by atoms with van der Waals surface area (Å²) < 4.78 is 7.59. The third-order valence-corrected chi connectivity index (χ3v) is 2.99. The fourth-order valence-corrected chi connectivity index (χ4v) is 2.14. The van der Waals surface area contributed by atoms with Crippen molar-refractivity contribution in [3.05, 3.63) is 42.0 Å². The molecule has 0 fully saturated rings.